The molecule has 0 atom stereocenters. The highest BCUT2D eigenvalue weighted by Gasteiger charge is 2.21. The monoisotopic (exact) mass is 210 g/mol. The summed E-state index contributed by atoms with van der Waals surface area (Å²) in [6, 6.07) is 7.64. The molecular weight excluding hydrogens is 200 g/mol. The Morgan fingerprint density at radius 2 is 2.19 bits per heavy atom. The number of aryl methyl sites for hydroxylation is 1. The van der Waals surface area contributed by atoms with Crippen molar-refractivity contribution in [2.45, 2.75) is 19.3 Å². The summed E-state index contributed by atoms with van der Waals surface area (Å²) in [5.41, 5.74) is 3.44. The van der Waals surface area contributed by atoms with Gasteiger partial charge in [0.05, 0.1) is 17.3 Å². The first-order valence-corrected chi connectivity index (χ1v) is 5.37. The molecule has 1 aromatic heterocycles. The highest BCUT2D eigenvalue weighted by molar-refractivity contribution is 6.03. The lowest BCUT2D eigenvalue weighted by atomic mass is 9.94. The lowest BCUT2D eigenvalue weighted by Crippen LogP contribution is -2.09. The molecule has 1 aromatic carbocycles. The van der Waals surface area contributed by atoms with Gasteiger partial charge in [-0.05, 0) is 36.6 Å². The number of hydrogen-bond donors (Lipinski definition) is 1. The SMILES string of the molecule is N#Cc1ccc2[nH]c3c(c2c1)CCCC3=O. The third-order valence-electron chi connectivity index (χ3n) is 3.14. The summed E-state index contributed by atoms with van der Waals surface area (Å²) in [6.07, 6.45) is 2.47. The van der Waals surface area contributed by atoms with Crippen LogP contribution in [-0.2, 0) is 6.42 Å². The topological polar surface area (TPSA) is 56.6 Å². The van der Waals surface area contributed by atoms with Gasteiger partial charge in [-0.1, -0.05) is 0 Å². The fourth-order valence-corrected chi connectivity index (χ4v) is 2.37. The number of fused-ring (bicyclic) bond motifs is 3. The molecule has 2 aromatic rings. The molecule has 0 unspecified atom stereocenters. The summed E-state index contributed by atoms with van der Waals surface area (Å²) in [7, 11) is 0. The van der Waals surface area contributed by atoms with Crippen LogP contribution >= 0.6 is 0 Å². The zero-order valence-corrected chi connectivity index (χ0v) is 8.71. The highest BCUT2D eigenvalue weighted by atomic mass is 16.1. The van der Waals surface area contributed by atoms with E-state index >= 15 is 0 Å². The maximum Gasteiger partial charge on any atom is 0.179 e. The van der Waals surface area contributed by atoms with Crippen LogP contribution in [0.3, 0.4) is 0 Å². The third kappa shape index (κ3) is 1.17. The second-order valence-corrected chi connectivity index (χ2v) is 4.13. The highest BCUT2D eigenvalue weighted by Crippen LogP contribution is 2.29. The van der Waals surface area contributed by atoms with Crippen molar-refractivity contribution in [3.63, 3.8) is 0 Å². The van der Waals surface area contributed by atoms with Gasteiger partial charge in [-0.25, -0.2) is 0 Å². The molecule has 0 bridgehead atoms. The lowest BCUT2D eigenvalue weighted by Gasteiger charge is -2.09. The molecule has 0 saturated carbocycles. The fraction of sp³-hybridized carbons (Fsp3) is 0.231. The van der Waals surface area contributed by atoms with Crippen molar-refractivity contribution in [3.8, 4) is 6.07 Å². The molecule has 0 aliphatic heterocycles. The summed E-state index contributed by atoms with van der Waals surface area (Å²) < 4.78 is 0. The number of hydrogen-bond acceptors (Lipinski definition) is 2. The second-order valence-electron chi connectivity index (χ2n) is 4.13. The molecule has 3 heteroatoms. The van der Waals surface area contributed by atoms with Crippen molar-refractivity contribution in [1.29, 1.82) is 5.26 Å². The zero-order chi connectivity index (χ0) is 11.1. The predicted molar refractivity (Wildman–Crippen MR) is 60.3 cm³/mol. The standard InChI is InChI=1S/C13H10N2O/c14-7-8-4-5-11-10(6-8)9-2-1-3-12(16)13(9)15-11/h4-6,15H,1-3H2. The molecular formula is C13H10N2O. The number of rotatable bonds is 0. The quantitative estimate of drug-likeness (QED) is 0.726. The summed E-state index contributed by atoms with van der Waals surface area (Å²) in [4.78, 5) is 14.9. The first kappa shape index (κ1) is 9.17. The van der Waals surface area contributed by atoms with Gasteiger partial charge in [-0.2, -0.15) is 5.26 Å². The molecule has 1 N–H and O–H groups in total. The van der Waals surface area contributed by atoms with Crippen molar-refractivity contribution in [3.05, 3.63) is 35.0 Å². The molecule has 0 fully saturated rings. The Balaban J connectivity index is 2.34. The Morgan fingerprint density at radius 1 is 1.31 bits per heavy atom. The molecule has 0 amide bonds. The molecule has 0 saturated heterocycles. The number of Topliss-reactive ketones (excluding diaryl/α,β-unsaturated/α-hetero) is 1. The third-order valence-corrected chi connectivity index (χ3v) is 3.14. The number of nitrogens with zero attached hydrogens (tertiary/aromatic N) is 1. The molecule has 1 heterocycles. The van der Waals surface area contributed by atoms with E-state index in [9.17, 15) is 4.79 Å². The lowest BCUT2D eigenvalue weighted by molar-refractivity contribution is 0.0968. The van der Waals surface area contributed by atoms with Crippen LogP contribution in [0.4, 0.5) is 0 Å². The van der Waals surface area contributed by atoms with Crippen molar-refractivity contribution in [1.82, 2.24) is 4.98 Å². The Hall–Kier alpha value is -2.08. The fourth-order valence-electron chi connectivity index (χ4n) is 2.37. The van der Waals surface area contributed by atoms with E-state index in [-0.39, 0.29) is 5.78 Å². The number of H-pyrrole nitrogens is 1. The summed E-state index contributed by atoms with van der Waals surface area (Å²) in [6.45, 7) is 0. The van der Waals surface area contributed by atoms with E-state index in [1.807, 2.05) is 12.1 Å². The Kier molecular flexibility index (Phi) is 1.84. The van der Waals surface area contributed by atoms with Crippen molar-refractivity contribution in [2.24, 2.45) is 0 Å². The molecule has 1 aliphatic carbocycles. The number of aromatic amines is 1. The van der Waals surface area contributed by atoms with E-state index in [0.717, 1.165) is 35.0 Å². The first-order valence-electron chi connectivity index (χ1n) is 5.37. The zero-order valence-electron chi connectivity index (χ0n) is 8.71. The van der Waals surface area contributed by atoms with E-state index < -0.39 is 0 Å². The number of carbonyl (C=O) groups excluding carboxylic acids is 1. The molecule has 78 valence electrons. The van der Waals surface area contributed by atoms with E-state index in [1.54, 1.807) is 6.07 Å². The molecule has 3 rings (SSSR count). The molecule has 16 heavy (non-hydrogen) atoms. The van der Waals surface area contributed by atoms with Crippen molar-refractivity contribution < 1.29 is 4.79 Å². The van der Waals surface area contributed by atoms with Gasteiger partial charge < -0.3 is 4.98 Å². The van der Waals surface area contributed by atoms with E-state index in [2.05, 4.69) is 11.1 Å². The van der Waals surface area contributed by atoms with Crippen molar-refractivity contribution in [2.75, 3.05) is 0 Å². The molecule has 0 spiro atoms. The van der Waals surface area contributed by atoms with Crippen LogP contribution in [0.5, 0.6) is 0 Å². The van der Waals surface area contributed by atoms with Crippen LogP contribution in [0.1, 0.15) is 34.5 Å². The number of benzene rings is 1. The van der Waals surface area contributed by atoms with Gasteiger partial charge in [-0.15, -0.1) is 0 Å². The summed E-state index contributed by atoms with van der Waals surface area (Å²) in [5, 5.41) is 9.89. The smallest absolute Gasteiger partial charge is 0.179 e. The number of ketones is 1. The average Bonchev–Trinajstić information content (AvgIpc) is 2.68. The molecule has 3 nitrogen and oxygen atoms in total. The predicted octanol–water partition coefficient (Wildman–Crippen LogP) is 2.56. The number of carbonyl (C=O) groups is 1. The van der Waals surface area contributed by atoms with Gasteiger partial charge in [0, 0.05) is 17.3 Å². The maximum atomic E-state index is 11.7. The minimum absolute atomic E-state index is 0.191. The Morgan fingerprint density at radius 3 is 3.00 bits per heavy atom. The molecule has 0 radical (unpaired) electrons. The van der Waals surface area contributed by atoms with E-state index in [4.69, 9.17) is 5.26 Å². The number of aromatic nitrogens is 1. The van der Waals surface area contributed by atoms with E-state index in [1.165, 1.54) is 0 Å². The summed E-state index contributed by atoms with van der Waals surface area (Å²) in [5.74, 6) is 0.191. The van der Waals surface area contributed by atoms with Crippen LogP contribution < -0.4 is 0 Å². The van der Waals surface area contributed by atoms with Gasteiger partial charge in [0.15, 0.2) is 5.78 Å². The van der Waals surface area contributed by atoms with Gasteiger partial charge in [0.25, 0.3) is 0 Å². The van der Waals surface area contributed by atoms with E-state index in [0.29, 0.717) is 12.0 Å². The largest absolute Gasteiger partial charge is 0.352 e. The molecule has 1 aliphatic rings. The van der Waals surface area contributed by atoms with Crippen LogP contribution in [0, 0.1) is 11.3 Å². The average molecular weight is 210 g/mol. The maximum absolute atomic E-state index is 11.7. The normalized spacial score (nSPS) is 14.8. The van der Waals surface area contributed by atoms with Crippen LogP contribution in [0.25, 0.3) is 10.9 Å². The van der Waals surface area contributed by atoms with Crippen LogP contribution in [0.15, 0.2) is 18.2 Å². The number of nitriles is 1. The summed E-state index contributed by atoms with van der Waals surface area (Å²) >= 11 is 0. The second kappa shape index (κ2) is 3.21. The van der Waals surface area contributed by atoms with Crippen LogP contribution in [-0.4, -0.2) is 10.8 Å². The Bertz CT molecular complexity index is 631. The van der Waals surface area contributed by atoms with Gasteiger partial charge >= 0.3 is 0 Å². The minimum atomic E-state index is 0.191. The first-order chi connectivity index (χ1) is 7.79. The number of nitrogens with one attached hydrogen (secondary N) is 1. The van der Waals surface area contributed by atoms with Gasteiger partial charge in [-0.3, -0.25) is 4.79 Å². The van der Waals surface area contributed by atoms with Gasteiger partial charge in [0.2, 0.25) is 0 Å². The Labute approximate surface area is 92.7 Å². The van der Waals surface area contributed by atoms with Crippen LogP contribution in [0.2, 0.25) is 0 Å². The van der Waals surface area contributed by atoms with Gasteiger partial charge in [0.1, 0.15) is 0 Å². The van der Waals surface area contributed by atoms with Crippen molar-refractivity contribution >= 4 is 16.7 Å². The minimum Gasteiger partial charge on any atom is -0.352 e.